The molecule has 0 radical (unpaired) electrons. The molecule has 0 heterocycles. The Morgan fingerprint density at radius 3 is 1.93 bits per heavy atom. The van der Waals surface area contributed by atoms with Crippen LogP contribution in [0.5, 0.6) is 0 Å². The third-order valence-corrected chi connectivity index (χ3v) is 3.81. The lowest BCUT2D eigenvalue weighted by Crippen LogP contribution is -2.46. The van der Waals surface area contributed by atoms with E-state index in [9.17, 15) is 18.3 Å². The van der Waals surface area contributed by atoms with Gasteiger partial charge in [0.25, 0.3) is 0 Å². The van der Waals surface area contributed by atoms with Crippen molar-refractivity contribution in [1.29, 1.82) is 0 Å². The highest BCUT2D eigenvalue weighted by Gasteiger charge is 2.54. The Morgan fingerprint density at radius 1 is 0.933 bits per heavy atom. The Morgan fingerprint density at radius 2 is 1.53 bits per heavy atom. The Hall–Kier alpha value is -0.510. The Bertz CT molecular complexity index is 276. The third-order valence-electron chi connectivity index (χ3n) is 3.81. The fourth-order valence-corrected chi connectivity index (χ4v) is 2.65. The zero-order chi connectivity index (χ0) is 11.2. The molecule has 0 bridgehead atoms. The quantitative estimate of drug-likeness (QED) is 0.621. The van der Waals surface area contributed by atoms with Crippen molar-refractivity contribution >= 4 is 0 Å². The van der Waals surface area contributed by atoms with E-state index in [1.807, 2.05) is 0 Å². The molecule has 1 nitrogen and oxygen atoms in total. The number of alkyl halides is 3. The molecule has 4 heteroatoms. The normalized spacial score (nSPS) is 34.9. The molecule has 2 rings (SSSR count). The van der Waals surface area contributed by atoms with Crippen LogP contribution in [-0.2, 0) is 0 Å². The maximum atomic E-state index is 12.5. The van der Waals surface area contributed by atoms with E-state index in [1.165, 1.54) is 0 Å². The van der Waals surface area contributed by atoms with Gasteiger partial charge in [-0.05, 0) is 37.2 Å². The van der Waals surface area contributed by atoms with Gasteiger partial charge in [0.05, 0.1) is 0 Å². The van der Waals surface area contributed by atoms with Crippen LogP contribution in [0.3, 0.4) is 0 Å². The molecule has 0 aromatic rings. The summed E-state index contributed by atoms with van der Waals surface area (Å²) in [6.45, 7) is 0. The summed E-state index contributed by atoms with van der Waals surface area (Å²) in [4.78, 5) is 0. The van der Waals surface area contributed by atoms with Gasteiger partial charge in [0.15, 0.2) is 5.60 Å². The topological polar surface area (TPSA) is 20.2 Å². The molecule has 0 aromatic carbocycles. The molecule has 1 atom stereocenters. The van der Waals surface area contributed by atoms with E-state index in [1.54, 1.807) is 6.08 Å². The molecule has 0 saturated heterocycles. The van der Waals surface area contributed by atoms with E-state index in [0.717, 1.165) is 31.8 Å². The molecule has 86 valence electrons. The van der Waals surface area contributed by atoms with E-state index < -0.39 is 11.8 Å². The van der Waals surface area contributed by atoms with E-state index >= 15 is 0 Å². The molecule has 0 aliphatic heterocycles. The molecular weight excluding hydrogens is 205 g/mol. The minimum atomic E-state index is -4.54. The van der Waals surface area contributed by atoms with Crippen molar-refractivity contribution in [3.8, 4) is 0 Å². The molecule has 2 aliphatic carbocycles. The van der Waals surface area contributed by atoms with Crippen molar-refractivity contribution in [1.82, 2.24) is 0 Å². The second-order valence-electron chi connectivity index (χ2n) is 4.82. The standard InChI is InChI=1S/C11H15F3O/c12-11(13,14)10(15)7-5-9(6-8-10)3-1-2-4-9/h5,7,15H,1-4,6,8H2. The van der Waals surface area contributed by atoms with Gasteiger partial charge in [-0.15, -0.1) is 0 Å². The summed E-state index contributed by atoms with van der Waals surface area (Å²) in [5.74, 6) is 0. The van der Waals surface area contributed by atoms with Gasteiger partial charge in [0.2, 0.25) is 0 Å². The summed E-state index contributed by atoms with van der Waals surface area (Å²) in [6, 6.07) is 0. The van der Waals surface area contributed by atoms with E-state index in [-0.39, 0.29) is 11.8 Å². The predicted octanol–water partition coefficient (Wildman–Crippen LogP) is 3.19. The van der Waals surface area contributed by atoms with Gasteiger partial charge < -0.3 is 5.11 Å². The molecule has 0 amide bonds. The maximum Gasteiger partial charge on any atom is 0.420 e. The van der Waals surface area contributed by atoms with Crippen molar-refractivity contribution < 1.29 is 18.3 Å². The minimum Gasteiger partial charge on any atom is -0.377 e. The van der Waals surface area contributed by atoms with Crippen LogP contribution in [0.15, 0.2) is 12.2 Å². The van der Waals surface area contributed by atoms with Crippen LogP contribution in [0.4, 0.5) is 13.2 Å². The molecule has 1 fully saturated rings. The predicted molar refractivity (Wildman–Crippen MR) is 50.3 cm³/mol. The molecular formula is C11H15F3O. The van der Waals surface area contributed by atoms with Gasteiger partial charge in [-0.2, -0.15) is 13.2 Å². The maximum absolute atomic E-state index is 12.5. The number of hydrogen-bond acceptors (Lipinski definition) is 1. The summed E-state index contributed by atoms with van der Waals surface area (Å²) >= 11 is 0. The highest BCUT2D eigenvalue weighted by atomic mass is 19.4. The average Bonchev–Trinajstić information content (AvgIpc) is 2.58. The molecule has 15 heavy (non-hydrogen) atoms. The zero-order valence-corrected chi connectivity index (χ0v) is 8.48. The van der Waals surface area contributed by atoms with Crippen LogP contribution in [0.25, 0.3) is 0 Å². The first kappa shape index (κ1) is 11.0. The van der Waals surface area contributed by atoms with Crippen molar-refractivity contribution in [2.24, 2.45) is 5.41 Å². The van der Waals surface area contributed by atoms with Crippen LogP contribution in [0, 0.1) is 5.41 Å². The molecule has 0 aromatic heterocycles. The summed E-state index contributed by atoms with van der Waals surface area (Å²) in [7, 11) is 0. The minimum absolute atomic E-state index is 0.0442. The largest absolute Gasteiger partial charge is 0.420 e. The number of hydrogen-bond donors (Lipinski definition) is 1. The SMILES string of the molecule is OC1(C(F)(F)F)C=CC2(CCCC2)CC1. The number of aliphatic hydroxyl groups is 1. The fourth-order valence-electron chi connectivity index (χ4n) is 2.65. The fraction of sp³-hybridized carbons (Fsp3) is 0.818. The van der Waals surface area contributed by atoms with Gasteiger partial charge in [-0.1, -0.05) is 18.9 Å². The molecule has 2 aliphatic rings. The van der Waals surface area contributed by atoms with E-state index in [4.69, 9.17) is 0 Å². The number of allylic oxidation sites excluding steroid dienone is 1. The highest BCUT2D eigenvalue weighted by Crippen LogP contribution is 2.50. The summed E-state index contributed by atoms with van der Waals surface area (Å²) in [6.07, 6.45) is 2.44. The van der Waals surface area contributed by atoms with Crippen LogP contribution in [0.2, 0.25) is 0 Å². The van der Waals surface area contributed by atoms with Gasteiger partial charge >= 0.3 is 6.18 Å². The van der Waals surface area contributed by atoms with Crippen LogP contribution >= 0.6 is 0 Å². The van der Waals surface area contributed by atoms with Crippen LogP contribution in [-0.4, -0.2) is 16.9 Å². The Balaban J connectivity index is 2.18. The second-order valence-corrected chi connectivity index (χ2v) is 4.82. The first-order valence-electron chi connectivity index (χ1n) is 5.37. The third kappa shape index (κ3) is 1.80. The molecule has 1 N–H and O–H groups in total. The van der Waals surface area contributed by atoms with Gasteiger partial charge in [-0.25, -0.2) is 0 Å². The average molecular weight is 220 g/mol. The van der Waals surface area contributed by atoms with Gasteiger partial charge in [0.1, 0.15) is 0 Å². The Labute approximate surface area is 87.0 Å². The lowest BCUT2D eigenvalue weighted by atomic mass is 9.73. The van der Waals surface area contributed by atoms with Crippen molar-refractivity contribution in [3.63, 3.8) is 0 Å². The van der Waals surface area contributed by atoms with Crippen LogP contribution < -0.4 is 0 Å². The van der Waals surface area contributed by atoms with E-state index in [2.05, 4.69) is 0 Å². The smallest absolute Gasteiger partial charge is 0.377 e. The van der Waals surface area contributed by atoms with Crippen molar-refractivity contribution in [2.75, 3.05) is 0 Å². The summed E-state index contributed by atoms with van der Waals surface area (Å²) in [5, 5.41) is 9.44. The van der Waals surface area contributed by atoms with Gasteiger partial charge in [-0.3, -0.25) is 0 Å². The van der Waals surface area contributed by atoms with Crippen molar-refractivity contribution in [2.45, 2.75) is 50.3 Å². The zero-order valence-electron chi connectivity index (χ0n) is 8.48. The summed E-state index contributed by atoms with van der Waals surface area (Å²) < 4.78 is 37.5. The number of rotatable bonds is 0. The Kier molecular flexibility index (Phi) is 2.37. The summed E-state index contributed by atoms with van der Waals surface area (Å²) in [5.41, 5.74) is -2.63. The first-order chi connectivity index (χ1) is 6.87. The second kappa shape index (κ2) is 3.24. The first-order valence-corrected chi connectivity index (χ1v) is 5.37. The molecule has 1 spiro atoms. The highest BCUT2D eigenvalue weighted by molar-refractivity contribution is 5.17. The molecule has 1 saturated carbocycles. The number of halogens is 3. The van der Waals surface area contributed by atoms with Crippen molar-refractivity contribution in [3.05, 3.63) is 12.2 Å². The lowest BCUT2D eigenvalue weighted by Gasteiger charge is -2.37. The monoisotopic (exact) mass is 220 g/mol. The van der Waals surface area contributed by atoms with Crippen LogP contribution in [0.1, 0.15) is 38.5 Å². The van der Waals surface area contributed by atoms with E-state index in [0.29, 0.717) is 6.42 Å². The lowest BCUT2D eigenvalue weighted by molar-refractivity contribution is -0.245. The molecule has 1 unspecified atom stereocenters. The van der Waals surface area contributed by atoms with Gasteiger partial charge in [0, 0.05) is 0 Å².